The fourth-order valence-electron chi connectivity index (χ4n) is 3.78. The molecule has 0 radical (unpaired) electrons. The second-order valence-corrected chi connectivity index (χ2v) is 9.07. The van der Waals surface area contributed by atoms with Gasteiger partial charge in [-0.05, 0) is 78.5 Å². The van der Waals surface area contributed by atoms with E-state index in [2.05, 4.69) is 50.4 Å². The predicted octanol–water partition coefficient (Wildman–Crippen LogP) is 5.22. The Morgan fingerprint density at radius 2 is 1.67 bits per heavy atom. The fourth-order valence-corrected chi connectivity index (χ4v) is 3.78. The number of carbonyl (C=O) groups is 1. The number of hydrogen-bond acceptors (Lipinski definition) is 3. The molecule has 2 aromatic rings. The molecule has 0 aromatic heterocycles. The van der Waals surface area contributed by atoms with Crippen LogP contribution in [0, 0.1) is 0 Å². The van der Waals surface area contributed by atoms with Gasteiger partial charge in [0.1, 0.15) is 18.1 Å². The van der Waals surface area contributed by atoms with E-state index in [1.54, 1.807) is 0 Å². The highest BCUT2D eigenvalue weighted by atomic mass is 16.5. The van der Waals surface area contributed by atoms with Crippen molar-refractivity contribution < 1.29 is 14.3 Å². The van der Waals surface area contributed by atoms with Gasteiger partial charge in [-0.2, -0.15) is 0 Å². The Morgan fingerprint density at radius 1 is 1.00 bits per heavy atom. The predicted molar refractivity (Wildman–Crippen MR) is 121 cm³/mol. The number of fused-ring (bicyclic) bond motifs is 1. The van der Waals surface area contributed by atoms with E-state index in [4.69, 9.17) is 9.47 Å². The number of aryl methyl sites for hydroxylation is 2. The van der Waals surface area contributed by atoms with Gasteiger partial charge in [-0.15, -0.1) is 0 Å². The molecule has 3 rings (SSSR count). The van der Waals surface area contributed by atoms with Crippen LogP contribution in [-0.4, -0.2) is 25.2 Å². The van der Waals surface area contributed by atoms with Crippen molar-refractivity contribution in [3.05, 3.63) is 59.2 Å². The smallest absolute Gasteiger partial charge is 0.261 e. The minimum atomic E-state index is -0.488. The van der Waals surface area contributed by atoms with E-state index in [-0.39, 0.29) is 11.3 Å². The molecule has 1 atom stereocenters. The molecule has 0 saturated carbocycles. The molecule has 0 saturated heterocycles. The number of amides is 1. The first-order valence-corrected chi connectivity index (χ1v) is 11.2. The lowest BCUT2D eigenvalue weighted by Gasteiger charge is -2.20. The monoisotopic (exact) mass is 409 g/mol. The molecule has 1 aliphatic rings. The summed E-state index contributed by atoms with van der Waals surface area (Å²) in [5.74, 6) is 1.50. The van der Waals surface area contributed by atoms with Crippen molar-refractivity contribution in [3.8, 4) is 11.5 Å². The molecule has 162 valence electrons. The van der Waals surface area contributed by atoms with Crippen molar-refractivity contribution in [3.63, 3.8) is 0 Å². The van der Waals surface area contributed by atoms with Gasteiger partial charge in [-0.1, -0.05) is 45.9 Å². The summed E-state index contributed by atoms with van der Waals surface area (Å²) in [5, 5.41) is 2.93. The quantitative estimate of drug-likeness (QED) is 0.609. The van der Waals surface area contributed by atoms with Crippen molar-refractivity contribution >= 4 is 5.91 Å². The molecule has 0 unspecified atom stereocenters. The van der Waals surface area contributed by atoms with Crippen LogP contribution in [0.4, 0.5) is 0 Å². The first-order chi connectivity index (χ1) is 14.4. The summed E-state index contributed by atoms with van der Waals surface area (Å²) in [4.78, 5) is 12.5. The number of hydrogen-bond donors (Lipinski definition) is 1. The number of benzene rings is 2. The molecule has 1 N–H and O–H groups in total. The van der Waals surface area contributed by atoms with E-state index >= 15 is 0 Å². The van der Waals surface area contributed by atoms with Crippen molar-refractivity contribution in [2.45, 2.75) is 71.3 Å². The molecule has 2 aromatic carbocycles. The van der Waals surface area contributed by atoms with Crippen LogP contribution in [-0.2, 0) is 23.1 Å². The Hall–Kier alpha value is -2.49. The molecule has 0 heterocycles. The molecular weight excluding hydrogens is 374 g/mol. The molecule has 30 heavy (non-hydrogen) atoms. The lowest BCUT2D eigenvalue weighted by molar-refractivity contribution is -0.128. The zero-order valence-corrected chi connectivity index (χ0v) is 18.8. The molecule has 4 nitrogen and oxygen atoms in total. The molecule has 1 amide bonds. The maximum atomic E-state index is 12.5. The Labute approximate surface area is 181 Å². The van der Waals surface area contributed by atoms with Crippen LogP contribution < -0.4 is 14.8 Å². The summed E-state index contributed by atoms with van der Waals surface area (Å²) in [6.45, 7) is 9.41. The zero-order valence-electron chi connectivity index (χ0n) is 18.8. The lowest BCUT2D eigenvalue weighted by Crippen LogP contribution is -2.39. The van der Waals surface area contributed by atoms with E-state index in [0.29, 0.717) is 19.6 Å². The molecule has 1 aliphatic carbocycles. The highest BCUT2D eigenvalue weighted by molar-refractivity contribution is 5.81. The Balaban J connectivity index is 1.45. The standard InChI is InChI=1S/C26H35NO3/c1-5-24(30-23-13-10-19-8-6-7-9-20(19)18-23)25(28)27-16-17-29-22-14-11-21(12-15-22)26(2,3)4/h10-15,18,24H,5-9,16-17H2,1-4H3,(H,27,28)/t24-/m1/s1. The second kappa shape index (κ2) is 10.0. The number of nitrogens with one attached hydrogen (secondary N) is 1. The van der Waals surface area contributed by atoms with Gasteiger partial charge in [0.05, 0.1) is 6.54 Å². The summed E-state index contributed by atoms with van der Waals surface area (Å²) in [7, 11) is 0. The van der Waals surface area contributed by atoms with Crippen LogP contribution in [0.15, 0.2) is 42.5 Å². The lowest BCUT2D eigenvalue weighted by atomic mass is 9.87. The SMILES string of the molecule is CC[C@@H](Oc1ccc2c(c1)CCCC2)C(=O)NCCOc1ccc(C(C)(C)C)cc1. The summed E-state index contributed by atoms with van der Waals surface area (Å²) in [5.41, 5.74) is 4.17. The molecule has 0 aliphatic heterocycles. The van der Waals surface area contributed by atoms with Gasteiger partial charge >= 0.3 is 0 Å². The Morgan fingerprint density at radius 3 is 2.33 bits per heavy atom. The van der Waals surface area contributed by atoms with E-state index in [1.165, 1.54) is 29.5 Å². The van der Waals surface area contributed by atoms with Gasteiger partial charge in [-0.3, -0.25) is 4.79 Å². The minimum absolute atomic E-state index is 0.0955. The molecule has 4 heteroatoms. The van der Waals surface area contributed by atoms with E-state index in [1.807, 2.05) is 25.1 Å². The highest BCUT2D eigenvalue weighted by Crippen LogP contribution is 2.26. The Bertz CT molecular complexity index is 836. The van der Waals surface area contributed by atoms with E-state index in [9.17, 15) is 4.79 Å². The van der Waals surface area contributed by atoms with Crippen LogP contribution >= 0.6 is 0 Å². The van der Waals surface area contributed by atoms with Gasteiger partial charge in [0.25, 0.3) is 5.91 Å². The zero-order chi connectivity index (χ0) is 21.6. The van der Waals surface area contributed by atoms with Gasteiger partial charge < -0.3 is 14.8 Å². The number of ether oxygens (including phenoxy) is 2. The van der Waals surface area contributed by atoms with Crippen LogP contribution in [0.25, 0.3) is 0 Å². The van der Waals surface area contributed by atoms with Gasteiger partial charge in [0.15, 0.2) is 6.10 Å². The summed E-state index contributed by atoms with van der Waals surface area (Å²) in [6, 6.07) is 14.4. The third-order valence-electron chi connectivity index (χ3n) is 5.65. The van der Waals surface area contributed by atoms with Gasteiger partial charge in [0, 0.05) is 0 Å². The van der Waals surface area contributed by atoms with Crippen molar-refractivity contribution in [1.82, 2.24) is 5.32 Å². The summed E-state index contributed by atoms with van der Waals surface area (Å²) < 4.78 is 11.8. The molecule has 0 bridgehead atoms. The van der Waals surface area contributed by atoms with Crippen LogP contribution in [0.3, 0.4) is 0 Å². The van der Waals surface area contributed by atoms with Gasteiger partial charge in [-0.25, -0.2) is 0 Å². The maximum absolute atomic E-state index is 12.5. The number of carbonyl (C=O) groups excluding carboxylic acids is 1. The molecular formula is C26H35NO3. The average Bonchev–Trinajstić information content (AvgIpc) is 2.74. The van der Waals surface area contributed by atoms with Crippen LogP contribution in [0.2, 0.25) is 0 Å². The largest absolute Gasteiger partial charge is 0.492 e. The maximum Gasteiger partial charge on any atom is 0.261 e. The van der Waals surface area contributed by atoms with Crippen LogP contribution in [0.1, 0.15) is 63.6 Å². The topological polar surface area (TPSA) is 47.6 Å². The number of rotatable bonds is 8. The third-order valence-corrected chi connectivity index (χ3v) is 5.65. The van der Waals surface area contributed by atoms with Crippen LogP contribution in [0.5, 0.6) is 11.5 Å². The first-order valence-electron chi connectivity index (χ1n) is 11.2. The highest BCUT2D eigenvalue weighted by Gasteiger charge is 2.19. The average molecular weight is 410 g/mol. The normalized spacial score (nSPS) is 14.5. The summed E-state index contributed by atoms with van der Waals surface area (Å²) in [6.07, 6.45) is 4.87. The first kappa shape index (κ1) is 22.2. The van der Waals surface area contributed by atoms with Crippen molar-refractivity contribution in [1.29, 1.82) is 0 Å². The summed E-state index contributed by atoms with van der Waals surface area (Å²) >= 11 is 0. The van der Waals surface area contributed by atoms with Crippen molar-refractivity contribution in [2.24, 2.45) is 0 Å². The van der Waals surface area contributed by atoms with E-state index in [0.717, 1.165) is 24.3 Å². The minimum Gasteiger partial charge on any atom is -0.492 e. The van der Waals surface area contributed by atoms with Gasteiger partial charge in [0.2, 0.25) is 0 Å². The van der Waals surface area contributed by atoms with Crippen molar-refractivity contribution in [2.75, 3.05) is 13.2 Å². The molecule has 0 fully saturated rings. The third kappa shape index (κ3) is 6.01. The fraction of sp³-hybridized carbons (Fsp3) is 0.500. The molecule has 0 spiro atoms. The Kier molecular flexibility index (Phi) is 7.41. The second-order valence-electron chi connectivity index (χ2n) is 9.07. The van der Waals surface area contributed by atoms with E-state index < -0.39 is 6.10 Å².